The van der Waals surface area contributed by atoms with Crippen molar-refractivity contribution in [2.75, 3.05) is 31.6 Å². The van der Waals surface area contributed by atoms with Gasteiger partial charge >= 0.3 is 0 Å². The van der Waals surface area contributed by atoms with Crippen molar-refractivity contribution in [2.24, 2.45) is 5.41 Å². The monoisotopic (exact) mass is 338 g/mol. The lowest BCUT2D eigenvalue weighted by molar-refractivity contribution is -0.118. The summed E-state index contributed by atoms with van der Waals surface area (Å²) >= 11 is 6.24. The van der Waals surface area contributed by atoms with Crippen LogP contribution in [-0.4, -0.2) is 42.2 Å². The maximum Gasteiger partial charge on any atom is 0.238 e. The van der Waals surface area contributed by atoms with Gasteiger partial charge in [-0.25, -0.2) is 0 Å². The van der Waals surface area contributed by atoms with E-state index in [9.17, 15) is 9.90 Å². The smallest absolute Gasteiger partial charge is 0.238 e. The first kappa shape index (κ1) is 18.2. The van der Waals surface area contributed by atoms with Gasteiger partial charge in [0.15, 0.2) is 0 Å². The number of carbonyl (C=O) groups is 1. The normalized spacial score (nSPS) is 18.0. The molecule has 1 saturated heterocycles. The molecule has 1 aromatic carbocycles. The molecule has 1 aliphatic heterocycles. The second kappa shape index (κ2) is 7.65. The summed E-state index contributed by atoms with van der Waals surface area (Å²) < 4.78 is 0. The number of anilines is 1. The Hall–Kier alpha value is -1.10. The molecule has 0 atom stereocenters. The number of nitrogens with one attached hydrogen (secondary N) is 1. The number of likely N-dealkylation sites (tertiary alicyclic amines) is 1. The highest BCUT2D eigenvalue weighted by Crippen LogP contribution is 2.34. The average Bonchev–Trinajstić information content (AvgIpc) is 2.52. The zero-order valence-corrected chi connectivity index (χ0v) is 15.0. The average molecular weight is 339 g/mol. The Kier molecular flexibility index (Phi) is 6.06. The van der Waals surface area contributed by atoms with Crippen LogP contribution in [0.1, 0.15) is 37.3 Å². The molecule has 4 nitrogen and oxygen atoms in total. The fraction of sp³-hybridized carbons (Fsp3) is 0.611. The molecule has 23 heavy (non-hydrogen) atoms. The number of aryl methyl sites for hydroxylation is 2. The Morgan fingerprint density at radius 1 is 1.35 bits per heavy atom. The lowest BCUT2D eigenvalue weighted by Crippen LogP contribution is -2.44. The molecule has 5 heteroatoms. The SMILES string of the molecule is CCC1(CO)CCN(CC(=O)Nc2c(C)cc(C)cc2Cl)CC1. The van der Waals surface area contributed by atoms with Gasteiger partial charge in [0.1, 0.15) is 0 Å². The van der Waals surface area contributed by atoms with Gasteiger partial charge in [-0.2, -0.15) is 0 Å². The fourth-order valence-corrected chi connectivity index (χ4v) is 3.63. The number of carbonyl (C=O) groups excluding carboxylic acids is 1. The van der Waals surface area contributed by atoms with Gasteiger partial charge in [0.25, 0.3) is 0 Å². The summed E-state index contributed by atoms with van der Waals surface area (Å²) in [5.41, 5.74) is 2.82. The summed E-state index contributed by atoms with van der Waals surface area (Å²) in [7, 11) is 0. The quantitative estimate of drug-likeness (QED) is 0.865. The molecule has 1 aromatic rings. The van der Waals surface area contributed by atoms with E-state index < -0.39 is 0 Å². The molecule has 1 amide bonds. The lowest BCUT2D eigenvalue weighted by atomic mass is 9.77. The van der Waals surface area contributed by atoms with Gasteiger partial charge in [-0.15, -0.1) is 0 Å². The Labute approximate surface area is 143 Å². The van der Waals surface area contributed by atoms with E-state index in [-0.39, 0.29) is 17.9 Å². The Morgan fingerprint density at radius 3 is 2.52 bits per heavy atom. The molecule has 1 heterocycles. The number of aliphatic hydroxyl groups is 1. The minimum Gasteiger partial charge on any atom is -0.396 e. The maximum atomic E-state index is 12.3. The van der Waals surface area contributed by atoms with Crippen molar-refractivity contribution in [3.8, 4) is 0 Å². The van der Waals surface area contributed by atoms with Gasteiger partial charge in [0.2, 0.25) is 5.91 Å². The number of piperidine rings is 1. The minimum absolute atomic E-state index is 0.0353. The van der Waals surface area contributed by atoms with E-state index in [0.717, 1.165) is 43.5 Å². The Morgan fingerprint density at radius 2 is 2.00 bits per heavy atom. The number of halogens is 1. The van der Waals surface area contributed by atoms with Crippen LogP contribution in [0.15, 0.2) is 12.1 Å². The van der Waals surface area contributed by atoms with Crippen LogP contribution in [-0.2, 0) is 4.79 Å². The first-order valence-electron chi connectivity index (χ1n) is 8.29. The molecule has 2 rings (SSSR count). The Bertz CT molecular complexity index is 537. The third-order valence-electron chi connectivity index (χ3n) is 5.07. The van der Waals surface area contributed by atoms with Crippen LogP contribution >= 0.6 is 11.6 Å². The molecule has 0 aliphatic carbocycles. The van der Waals surface area contributed by atoms with Crippen LogP contribution in [0.5, 0.6) is 0 Å². The molecule has 0 aromatic heterocycles. The molecular weight excluding hydrogens is 312 g/mol. The van der Waals surface area contributed by atoms with Crippen LogP contribution < -0.4 is 5.32 Å². The van der Waals surface area contributed by atoms with E-state index in [4.69, 9.17) is 11.6 Å². The summed E-state index contributed by atoms with van der Waals surface area (Å²) in [6, 6.07) is 3.88. The third kappa shape index (κ3) is 4.46. The van der Waals surface area contributed by atoms with E-state index in [1.165, 1.54) is 0 Å². The summed E-state index contributed by atoms with van der Waals surface area (Å²) in [4.78, 5) is 14.5. The first-order chi connectivity index (χ1) is 10.9. The number of rotatable bonds is 5. The Balaban J connectivity index is 1.92. The van der Waals surface area contributed by atoms with Crippen molar-refractivity contribution in [2.45, 2.75) is 40.0 Å². The number of aliphatic hydroxyl groups excluding tert-OH is 1. The van der Waals surface area contributed by atoms with E-state index in [2.05, 4.69) is 17.1 Å². The highest BCUT2D eigenvalue weighted by atomic mass is 35.5. The topological polar surface area (TPSA) is 52.6 Å². The van der Waals surface area contributed by atoms with Gasteiger partial charge in [-0.05, 0) is 68.8 Å². The number of amides is 1. The van der Waals surface area contributed by atoms with Crippen LogP contribution in [0.25, 0.3) is 0 Å². The second-order valence-electron chi connectivity index (χ2n) is 6.77. The summed E-state index contributed by atoms with van der Waals surface area (Å²) in [5.74, 6) is -0.0353. The zero-order valence-electron chi connectivity index (χ0n) is 14.3. The summed E-state index contributed by atoms with van der Waals surface area (Å²) in [6.45, 7) is 8.37. The third-order valence-corrected chi connectivity index (χ3v) is 5.36. The molecule has 2 N–H and O–H groups in total. The molecule has 0 spiro atoms. The van der Waals surface area contributed by atoms with E-state index in [1.54, 1.807) is 0 Å². The predicted octanol–water partition coefficient (Wildman–Crippen LogP) is 3.38. The van der Waals surface area contributed by atoms with Crippen molar-refractivity contribution in [1.29, 1.82) is 0 Å². The molecule has 0 saturated carbocycles. The summed E-state index contributed by atoms with van der Waals surface area (Å²) in [6.07, 6.45) is 2.87. The van der Waals surface area contributed by atoms with Crippen LogP contribution in [0, 0.1) is 19.3 Å². The highest BCUT2D eigenvalue weighted by molar-refractivity contribution is 6.34. The van der Waals surface area contributed by atoms with Crippen molar-refractivity contribution >= 4 is 23.2 Å². The van der Waals surface area contributed by atoms with Gasteiger partial charge in [-0.3, -0.25) is 9.69 Å². The van der Waals surface area contributed by atoms with Crippen LogP contribution in [0.3, 0.4) is 0 Å². The standard InChI is InChI=1S/C18H27ClN2O2/c1-4-18(12-22)5-7-21(8-6-18)11-16(23)20-17-14(3)9-13(2)10-15(17)19/h9-10,22H,4-8,11-12H2,1-3H3,(H,20,23). The van der Waals surface area contributed by atoms with E-state index >= 15 is 0 Å². The van der Waals surface area contributed by atoms with Crippen molar-refractivity contribution in [3.63, 3.8) is 0 Å². The van der Waals surface area contributed by atoms with Crippen molar-refractivity contribution in [3.05, 3.63) is 28.3 Å². The molecule has 0 bridgehead atoms. The van der Waals surface area contributed by atoms with Crippen molar-refractivity contribution in [1.82, 2.24) is 4.90 Å². The van der Waals surface area contributed by atoms with Crippen LogP contribution in [0.2, 0.25) is 5.02 Å². The number of benzene rings is 1. The molecule has 128 valence electrons. The molecule has 1 fully saturated rings. The van der Waals surface area contributed by atoms with E-state index in [1.807, 2.05) is 26.0 Å². The number of hydrogen-bond acceptors (Lipinski definition) is 3. The molecule has 0 radical (unpaired) electrons. The predicted molar refractivity (Wildman–Crippen MR) is 95.0 cm³/mol. The zero-order chi connectivity index (χ0) is 17.0. The fourth-order valence-electron chi connectivity index (χ4n) is 3.27. The highest BCUT2D eigenvalue weighted by Gasteiger charge is 2.32. The van der Waals surface area contributed by atoms with Gasteiger partial charge in [-0.1, -0.05) is 24.6 Å². The lowest BCUT2D eigenvalue weighted by Gasteiger charge is -2.39. The van der Waals surface area contributed by atoms with Crippen LogP contribution in [0.4, 0.5) is 5.69 Å². The number of nitrogens with zero attached hydrogens (tertiary/aromatic N) is 1. The maximum absolute atomic E-state index is 12.3. The second-order valence-corrected chi connectivity index (χ2v) is 7.18. The largest absolute Gasteiger partial charge is 0.396 e. The molecule has 1 aliphatic rings. The molecule has 0 unspecified atom stereocenters. The van der Waals surface area contributed by atoms with Crippen molar-refractivity contribution < 1.29 is 9.90 Å². The molecular formula is C18H27ClN2O2. The van der Waals surface area contributed by atoms with Gasteiger partial charge in [0.05, 0.1) is 17.3 Å². The van der Waals surface area contributed by atoms with E-state index in [0.29, 0.717) is 17.3 Å². The van der Waals surface area contributed by atoms with Gasteiger partial charge in [0, 0.05) is 6.61 Å². The summed E-state index contributed by atoms with van der Waals surface area (Å²) in [5, 5.41) is 13.1. The number of hydrogen-bond donors (Lipinski definition) is 2. The minimum atomic E-state index is -0.0353. The first-order valence-corrected chi connectivity index (χ1v) is 8.67. The van der Waals surface area contributed by atoms with Gasteiger partial charge < -0.3 is 10.4 Å².